The van der Waals surface area contributed by atoms with Crippen LogP contribution in [0.1, 0.15) is 20.3 Å². The largest absolute Gasteiger partial charge is 0.494 e. The smallest absolute Gasteiger partial charge is 0.243 e. The Bertz CT molecular complexity index is 672. The molecule has 0 radical (unpaired) electrons. The van der Waals surface area contributed by atoms with Gasteiger partial charge in [0.25, 0.3) is 0 Å². The third-order valence-corrected chi connectivity index (χ3v) is 3.62. The molecule has 0 saturated heterocycles. The second kappa shape index (κ2) is 11.8. The van der Waals surface area contributed by atoms with Crippen molar-refractivity contribution in [2.24, 2.45) is 0 Å². The Morgan fingerprint density at radius 3 is 2.00 bits per heavy atom. The number of anilines is 2. The molecule has 0 atom stereocenters. The van der Waals surface area contributed by atoms with Crippen molar-refractivity contribution >= 4 is 17.3 Å². The summed E-state index contributed by atoms with van der Waals surface area (Å²) in [4.78, 5) is 12.1. The Balaban J connectivity index is 1.72. The molecule has 0 spiro atoms. The van der Waals surface area contributed by atoms with Gasteiger partial charge in [-0.3, -0.25) is 4.79 Å². The Kier molecular flexibility index (Phi) is 9.00. The average Bonchev–Trinajstić information content (AvgIpc) is 2.70. The molecule has 146 valence electrons. The van der Waals surface area contributed by atoms with Gasteiger partial charge in [0, 0.05) is 18.0 Å². The van der Waals surface area contributed by atoms with Crippen LogP contribution < -0.4 is 20.1 Å². The molecule has 0 aromatic heterocycles. The quantitative estimate of drug-likeness (QED) is 0.552. The van der Waals surface area contributed by atoms with E-state index < -0.39 is 0 Å². The highest BCUT2D eigenvalue weighted by Gasteiger charge is 2.03. The van der Waals surface area contributed by atoms with E-state index in [0.29, 0.717) is 26.4 Å². The summed E-state index contributed by atoms with van der Waals surface area (Å²) < 4.78 is 16.3. The van der Waals surface area contributed by atoms with Crippen LogP contribution in [-0.2, 0) is 9.53 Å². The van der Waals surface area contributed by atoms with E-state index in [2.05, 4.69) is 17.6 Å². The molecule has 0 fully saturated rings. The van der Waals surface area contributed by atoms with Gasteiger partial charge < -0.3 is 24.8 Å². The molecule has 0 heterocycles. The molecule has 0 saturated carbocycles. The highest BCUT2D eigenvalue weighted by Crippen LogP contribution is 2.17. The van der Waals surface area contributed by atoms with Crippen molar-refractivity contribution in [3.8, 4) is 11.5 Å². The lowest BCUT2D eigenvalue weighted by atomic mass is 10.3. The summed E-state index contributed by atoms with van der Waals surface area (Å²) in [5.74, 6) is 1.46. The number of ether oxygens (including phenoxy) is 3. The van der Waals surface area contributed by atoms with E-state index in [1.165, 1.54) is 0 Å². The first kappa shape index (κ1) is 20.6. The van der Waals surface area contributed by atoms with Crippen LogP contribution in [0.25, 0.3) is 0 Å². The fourth-order valence-electron chi connectivity index (χ4n) is 2.27. The van der Waals surface area contributed by atoms with E-state index in [1.807, 2.05) is 55.5 Å². The molecule has 1 amide bonds. The molecule has 0 aliphatic rings. The minimum Gasteiger partial charge on any atom is -0.494 e. The number of hydrogen-bond donors (Lipinski definition) is 2. The molecular formula is C21H28N2O4. The van der Waals surface area contributed by atoms with E-state index >= 15 is 0 Å². The van der Waals surface area contributed by atoms with Crippen LogP contribution in [-0.4, -0.2) is 38.9 Å². The summed E-state index contributed by atoms with van der Waals surface area (Å²) in [6, 6.07) is 14.8. The second-order valence-electron chi connectivity index (χ2n) is 5.84. The lowest BCUT2D eigenvalue weighted by molar-refractivity contribution is -0.114. The highest BCUT2D eigenvalue weighted by molar-refractivity contribution is 5.93. The predicted molar refractivity (Wildman–Crippen MR) is 108 cm³/mol. The molecule has 2 N–H and O–H groups in total. The molecule has 0 aliphatic carbocycles. The van der Waals surface area contributed by atoms with Crippen molar-refractivity contribution in [1.82, 2.24) is 0 Å². The van der Waals surface area contributed by atoms with Crippen LogP contribution in [0.4, 0.5) is 11.4 Å². The molecule has 2 aromatic rings. The highest BCUT2D eigenvalue weighted by atomic mass is 16.5. The second-order valence-corrected chi connectivity index (χ2v) is 5.84. The average molecular weight is 372 g/mol. The van der Waals surface area contributed by atoms with Crippen molar-refractivity contribution < 1.29 is 19.0 Å². The third kappa shape index (κ3) is 8.00. The van der Waals surface area contributed by atoms with Crippen LogP contribution in [0.3, 0.4) is 0 Å². The zero-order valence-corrected chi connectivity index (χ0v) is 16.0. The number of carbonyl (C=O) groups excluding carboxylic acids is 1. The predicted octanol–water partition coefficient (Wildman–Crippen LogP) is 3.94. The van der Waals surface area contributed by atoms with Gasteiger partial charge in [0.1, 0.15) is 18.1 Å². The van der Waals surface area contributed by atoms with Crippen LogP contribution in [0.5, 0.6) is 11.5 Å². The number of carbonyl (C=O) groups is 1. The number of hydrogen-bond acceptors (Lipinski definition) is 5. The maximum Gasteiger partial charge on any atom is 0.243 e. The van der Waals surface area contributed by atoms with Crippen molar-refractivity contribution in [2.75, 3.05) is 43.6 Å². The van der Waals surface area contributed by atoms with Crippen LogP contribution in [0.15, 0.2) is 48.5 Å². The minimum atomic E-state index is -0.119. The van der Waals surface area contributed by atoms with E-state index in [0.717, 1.165) is 29.3 Å². The summed E-state index contributed by atoms with van der Waals surface area (Å²) in [6.45, 7) is 6.64. The summed E-state index contributed by atoms with van der Waals surface area (Å²) in [7, 11) is 0. The van der Waals surface area contributed by atoms with Crippen molar-refractivity contribution in [2.45, 2.75) is 20.3 Å². The molecule has 6 heteroatoms. The van der Waals surface area contributed by atoms with Crippen LogP contribution in [0.2, 0.25) is 0 Å². The lowest BCUT2D eigenvalue weighted by Gasteiger charge is -2.10. The molecule has 6 nitrogen and oxygen atoms in total. The zero-order chi connectivity index (χ0) is 19.3. The fraction of sp³-hybridized carbons (Fsp3) is 0.381. The Morgan fingerprint density at radius 1 is 0.815 bits per heavy atom. The minimum absolute atomic E-state index is 0.119. The van der Waals surface area contributed by atoms with Crippen LogP contribution in [0, 0.1) is 0 Å². The van der Waals surface area contributed by atoms with Gasteiger partial charge in [-0.1, -0.05) is 6.92 Å². The summed E-state index contributed by atoms with van der Waals surface area (Å²) in [6.07, 6.45) is 0.973. The zero-order valence-electron chi connectivity index (χ0n) is 16.0. The fourth-order valence-corrected chi connectivity index (χ4v) is 2.27. The molecule has 2 aromatic carbocycles. The first-order valence-electron chi connectivity index (χ1n) is 9.28. The van der Waals surface area contributed by atoms with Gasteiger partial charge in [-0.2, -0.15) is 0 Å². The number of nitrogens with one attached hydrogen (secondary N) is 2. The van der Waals surface area contributed by atoms with Crippen molar-refractivity contribution in [1.29, 1.82) is 0 Å². The SMILES string of the molecule is CCCOc1ccc(NCC(=O)Nc2ccc(OCCOCC)cc2)cc1. The maximum atomic E-state index is 12.1. The van der Waals surface area contributed by atoms with E-state index in [4.69, 9.17) is 14.2 Å². The Labute approximate surface area is 160 Å². The van der Waals surface area contributed by atoms with E-state index in [-0.39, 0.29) is 12.5 Å². The summed E-state index contributed by atoms with van der Waals surface area (Å²) in [5, 5.41) is 5.94. The molecule has 0 bridgehead atoms. The number of rotatable bonds is 12. The first-order valence-corrected chi connectivity index (χ1v) is 9.28. The molecule has 27 heavy (non-hydrogen) atoms. The Hall–Kier alpha value is -2.73. The van der Waals surface area contributed by atoms with Gasteiger partial charge in [0.15, 0.2) is 0 Å². The van der Waals surface area contributed by atoms with E-state index in [1.54, 1.807) is 0 Å². The summed E-state index contributed by atoms with van der Waals surface area (Å²) >= 11 is 0. The molecule has 2 rings (SSSR count). The van der Waals surface area contributed by atoms with E-state index in [9.17, 15) is 4.79 Å². The van der Waals surface area contributed by atoms with Gasteiger partial charge in [0.05, 0.1) is 19.8 Å². The molecular weight excluding hydrogens is 344 g/mol. The van der Waals surface area contributed by atoms with Gasteiger partial charge >= 0.3 is 0 Å². The topological polar surface area (TPSA) is 68.8 Å². The lowest BCUT2D eigenvalue weighted by Crippen LogP contribution is -2.21. The van der Waals surface area contributed by atoms with Crippen molar-refractivity contribution in [3.63, 3.8) is 0 Å². The normalized spacial score (nSPS) is 10.3. The Morgan fingerprint density at radius 2 is 1.41 bits per heavy atom. The van der Waals surface area contributed by atoms with Crippen LogP contribution >= 0.6 is 0 Å². The summed E-state index contributed by atoms with van der Waals surface area (Å²) in [5.41, 5.74) is 1.59. The van der Waals surface area contributed by atoms with Gasteiger partial charge in [-0.15, -0.1) is 0 Å². The monoisotopic (exact) mass is 372 g/mol. The van der Waals surface area contributed by atoms with Gasteiger partial charge in [-0.25, -0.2) is 0 Å². The van der Waals surface area contributed by atoms with Gasteiger partial charge in [0.2, 0.25) is 5.91 Å². The third-order valence-electron chi connectivity index (χ3n) is 3.62. The number of amides is 1. The molecule has 0 unspecified atom stereocenters. The molecule has 0 aliphatic heterocycles. The van der Waals surface area contributed by atoms with Gasteiger partial charge in [-0.05, 0) is 61.9 Å². The first-order chi connectivity index (χ1) is 13.2. The maximum absolute atomic E-state index is 12.1. The standard InChI is InChI=1S/C21H28N2O4/c1-3-13-26-19-9-5-17(6-10-19)22-16-21(24)23-18-7-11-20(12-8-18)27-15-14-25-4-2/h5-12,22H,3-4,13-16H2,1-2H3,(H,23,24). The van der Waals surface area contributed by atoms with Crippen molar-refractivity contribution in [3.05, 3.63) is 48.5 Å². The number of benzene rings is 2.